The van der Waals surface area contributed by atoms with E-state index < -0.39 is 89.7 Å². The Morgan fingerprint density at radius 1 is 1.02 bits per heavy atom. The van der Waals surface area contributed by atoms with Gasteiger partial charge in [-0.05, 0) is 81.0 Å². The third-order valence-corrected chi connectivity index (χ3v) is 13.2. The number of hydrogen-bond donors (Lipinski definition) is 4. The van der Waals surface area contributed by atoms with E-state index >= 15 is 0 Å². The van der Waals surface area contributed by atoms with Crippen LogP contribution in [0.2, 0.25) is 0 Å². The molecular weight excluding hydrogens is 859 g/mol. The average Bonchev–Trinajstić information content (AvgIpc) is 4.01. The Labute approximate surface area is 341 Å². The highest BCUT2D eigenvalue weighted by atomic mass is 127. The number of sulfonamides is 1. The number of hydrogen-bond acceptors (Lipinski definition) is 11. The largest absolute Gasteiger partial charge is 0.497 e. The minimum atomic E-state index is -3.89. The van der Waals surface area contributed by atoms with Crippen molar-refractivity contribution in [2.24, 2.45) is 11.3 Å². The number of carbonyl (C=O) groups is 5. The summed E-state index contributed by atoms with van der Waals surface area (Å²) in [7, 11) is -2.34. The molecule has 1 aromatic carbocycles. The number of methoxy groups -OCH3 is 1. The van der Waals surface area contributed by atoms with Gasteiger partial charge < -0.3 is 35.1 Å². The lowest BCUT2D eigenvalue weighted by atomic mass is 9.85. The summed E-state index contributed by atoms with van der Waals surface area (Å²) in [5.74, 6) is -2.19. The smallest absolute Gasteiger partial charge is 0.329 e. The monoisotopic (exact) mass is 912 g/mol. The summed E-state index contributed by atoms with van der Waals surface area (Å²) in [6.07, 6.45) is 1.91. The summed E-state index contributed by atoms with van der Waals surface area (Å²) in [6.45, 7) is 13.8. The van der Waals surface area contributed by atoms with Crippen LogP contribution in [-0.4, -0.2) is 106 Å². The molecule has 1 aromatic heterocycles. The van der Waals surface area contributed by atoms with Crippen LogP contribution in [0.25, 0.3) is 10.8 Å². The van der Waals surface area contributed by atoms with Crippen LogP contribution in [0.1, 0.15) is 81.1 Å². The predicted octanol–water partition coefficient (Wildman–Crippen LogP) is 3.34. The van der Waals surface area contributed by atoms with Crippen molar-refractivity contribution in [1.29, 1.82) is 0 Å². The molecule has 2 aromatic rings. The molecule has 2 heterocycles. The third-order valence-electron chi connectivity index (χ3n) is 9.89. The summed E-state index contributed by atoms with van der Waals surface area (Å²) in [6, 6.07) is 2.99. The number of halogens is 1. The fraction of sp³-hybridized carbons (Fsp3) is 0.632. The molecule has 2 saturated carbocycles. The number of amides is 5. The van der Waals surface area contributed by atoms with Crippen LogP contribution in [0.15, 0.2) is 30.5 Å². The number of esters is 1. The SMILES string of the molecule is COc1ccc2c(O[C@@H]3C[C@@H](C(=O)N[C@]4(C(=O)NS(=O)(=O)C5CC5)C[C@H]4I)N(C(=O)[C@@H](NC(=O)N[C@H](C(=O)OC(C)(C)C)C(C)C)C(C)(C)C)C3)nccc2c1. The van der Waals surface area contributed by atoms with Gasteiger partial charge >= 0.3 is 12.0 Å². The predicted molar refractivity (Wildman–Crippen MR) is 216 cm³/mol. The minimum Gasteiger partial charge on any atom is -0.497 e. The summed E-state index contributed by atoms with van der Waals surface area (Å²) < 4.78 is 44.4. The van der Waals surface area contributed by atoms with E-state index in [1.54, 1.807) is 86.9 Å². The summed E-state index contributed by atoms with van der Waals surface area (Å²) in [5.41, 5.74) is -3.20. The Kier molecular flexibility index (Phi) is 12.4. The van der Waals surface area contributed by atoms with Gasteiger partial charge in [0.15, 0.2) is 0 Å². The Morgan fingerprint density at radius 3 is 2.23 bits per heavy atom. The lowest BCUT2D eigenvalue weighted by molar-refractivity contribution is -0.158. The zero-order valence-electron chi connectivity index (χ0n) is 33.2. The maximum absolute atomic E-state index is 14.7. The van der Waals surface area contributed by atoms with Crippen molar-refractivity contribution in [1.82, 2.24) is 30.6 Å². The molecular formula is C38H53IN6O10S. The van der Waals surface area contributed by atoms with Crippen molar-refractivity contribution in [3.63, 3.8) is 0 Å². The molecule has 18 heteroatoms. The number of ether oxygens (including phenoxy) is 3. The topological polar surface area (TPSA) is 211 Å². The van der Waals surface area contributed by atoms with Crippen LogP contribution in [0, 0.1) is 11.3 Å². The number of urea groups is 1. The van der Waals surface area contributed by atoms with Crippen molar-refractivity contribution in [3.05, 3.63) is 30.5 Å². The zero-order chi connectivity index (χ0) is 41.5. The van der Waals surface area contributed by atoms with Gasteiger partial charge in [0.25, 0.3) is 5.91 Å². The fourth-order valence-electron chi connectivity index (χ4n) is 6.50. The zero-order valence-corrected chi connectivity index (χ0v) is 36.2. The Morgan fingerprint density at radius 2 is 1.68 bits per heavy atom. The van der Waals surface area contributed by atoms with Crippen molar-refractivity contribution in [2.45, 2.75) is 126 Å². The highest BCUT2D eigenvalue weighted by Crippen LogP contribution is 2.44. The van der Waals surface area contributed by atoms with Gasteiger partial charge in [-0.15, -0.1) is 0 Å². The molecule has 5 rings (SSSR count). The van der Waals surface area contributed by atoms with Crippen LogP contribution in [0.5, 0.6) is 11.6 Å². The van der Waals surface area contributed by atoms with Gasteiger partial charge in [-0.25, -0.2) is 23.0 Å². The average molecular weight is 913 g/mol. The molecule has 56 heavy (non-hydrogen) atoms. The molecule has 0 unspecified atom stereocenters. The van der Waals surface area contributed by atoms with Crippen molar-refractivity contribution >= 4 is 73.1 Å². The Hall–Kier alpha value is -3.94. The van der Waals surface area contributed by atoms with Crippen molar-refractivity contribution < 1.29 is 46.6 Å². The van der Waals surface area contributed by atoms with Gasteiger partial charge in [0.05, 0.1) is 18.9 Å². The number of nitrogens with zero attached hydrogens (tertiary/aromatic N) is 2. The van der Waals surface area contributed by atoms with E-state index in [4.69, 9.17) is 14.2 Å². The quantitative estimate of drug-likeness (QED) is 0.130. The van der Waals surface area contributed by atoms with Gasteiger partial charge in [0.2, 0.25) is 27.7 Å². The second kappa shape index (κ2) is 16.1. The van der Waals surface area contributed by atoms with E-state index in [1.807, 2.05) is 28.7 Å². The number of likely N-dealkylation sites (tertiary alicyclic amines) is 1. The van der Waals surface area contributed by atoms with Crippen LogP contribution >= 0.6 is 22.6 Å². The van der Waals surface area contributed by atoms with Crippen LogP contribution in [0.3, 0.4) is 0 Å². The molecule has 5 amide bonds. The first-order valence-electron chi connectivity index (χ1n) is 18.7. The Balaban J connectivity index is 1.42. The molecule has 3 aliphatic rings. The molecule has 0 bridgehead atoms. The normalized spacial score (nSPS) is 23.5. The third kappa shape index (κ3) is 9.95. The standard InChI is InChI=1S/C38H53IN6O10S/c1-20(2)28(33(48)55-37(6,7)8)41-35(50)42-29(36(3,4)5)32(47)45-19-23(54-31-25-13-10-22(53-9)16-21(25)14-15-40-31)17-26(45)30(46)43-38(18-27(38)39)34(49)44-56(51,52)24-11-12-24/h10,13-16,20,23-24,26-29H,11-12,17-19H2,1-9H3,(H,43,46)(H,44,49)(H2,41,42,50)/t23-,26+,27-,28+,29-,38-/m1/s1. The first-order chi connectivity index (χ1) is 26.0. The number of pyridine rings is 1. The van der Waals surface area contributed by atoms with Gasteiger partial charge in [-0.2, -0.15) is 0 Å². The second-order valence-corrected chi connectivity index (χ2v) is 20.6. The van der Waals surface area contributed by atoms with Gasteiger partial charge in [-0.3, -0.25) is 19.1 Å². The van der Waals surface area contributed by atoms with E-state index in [1.165, 1.54) is 4.90 Å². The fourth-order valence-corrected chi connectivity index (χ4v) is 9.00. The van der Waals surface area contributed by atoms with Crippen molar-refractivity contribution in [2.75, 3.05) is 13.7 Å². The maximum atomic E-state index is 14.7. The summed E-state index contributed by atoms with van der Waals surface area (Å²) >= 11 is 2.00. The molecule has 1 aliphatic heterocycles. The second-order valence-electron chi connectivity index (χ2n) is 17.2. The molecule has 3 fully saturated rings. The number of nitrogens with one attached hydrogen (secondary N) is 4. The van der Waals surface area contributed by atoms with Gasteiger partial charge in [0.1, 0.15) is 41.1 Å². The van der Waals surface area contributed by atoms with E-state index in [-0.39, 0.29) is 31.2 Å². The number of fused-ring (bicyclic) bond motifs is 1. The van der Waals surface area contributed by atoms with E-state index in [9.17, 15) is 32.4 Å². The van der Waals surface area contributed by atoms with Crippen LogP contribution < -0.4 is 30.1 Å². The number of aromatic nitrogens is 1. The highest BCUT2D eigenvalue weighted by Gasteiger charge is 2.62. The molecule has 4 N–H and O–H groups in total. The first kappa shape index (κ1) is 43.2. The lowest BCUT2D eigenvalue weighted by Crippen LogP contribution is -2.62. The van der Waals surface area contributed by atoms with E-state index in [0.717, 1.165) is 5.39 Å². The number of alkyl halides is 1. The molecule has 16 nitrogen and oxygen atoms in total. The highest BCUT2D eigenvalue weighted by molar-refractivity contribution is 14.1. The van der Waals surface area contributed by atoms with Crippen molar-refractivity contribution in [3.8, 4) is 11.6 Å². The van der Waals surface area contributed by atoms with E-state index in [0.29, 0.717) is 24.0 Å². The van der Waals surface area contributed by atoms with Gasteiger partial charge in [-0.1, -0.05) is 57.2 Å². The maximum Gasteiger partial charge on any atom is 0.329 e. The number of rotatable bonds is 13. The summed E-state index contributed by atoms with van der Waals surface area (Å²) in [5, 5.41) is 9.02. The number of benzene rings is 1. The molecule has 2 aliphatic carbocycles. The summed E-state index contributed by atoms with van der Waals surface area (Å²) in [4.78, 5) is 74.7. The van der Waals surface area contributed by atoms with Crippen LogP contribution in [-0.2, 0) is 33.9 Å². The lowest BCUT2D eigenvalue weighted by Gasteiger charge is -2.36. The van der Waals surface area contributed by atoms with Gasteiger partial charge in [0, 0.05) is 21.9 Å². The number of carbonyl (C=O) groups excluding carboxylic acids is 5. The first-order valence-corrected chi connectivity index (χ1v) is 21.5. The minimum absolute atomic E-state index is 0.00704. The van der Waals surface area contributed by atoms with E-state index in [2.05, 4.69) is 25.7 Å². The Bertz CT molecular complexity index is 1980. The molecule has 1 saturated heterocycles. The molecule has 308 valence electrons. The van der Waals surface area contributed by atoms with Crippen LogP contribution in [0.4, 0.5) is 4.79 Å². The molecule has 6 atom stereocenters. The molecule has 0 radical (unpaired) electrons. The molecule has 0 spiro atoms.